The number of halogens is 2. The normalized spacial score (nSPS) is 12.9. The fourth-order valence-electron chi connectivity index (χ4n) is 2.31. The molecule has 3 nitrogen and oxygen atoms in total. The minimum absolute atomic E-state index is 0.220. The number of nitrogens with zero attached hydrogens (tertiary/aromatic N) is 2. The summed E-state index contributed by atoms with van der Waals surface area (Å²) < 4.78 is 3.03. The van der Waals surface area contributed by atoms with Crippen LogP contribution in [-0.2, 0) is 6.42 Å². The summed E-state index contributed by atoms with van der Waals surface area (Å²) in [7, 11) is 0. The average Bonchev–Trinajstić information content (AvgIpc) is 2.87. The van der Waals surface area contributed by atoms with Gasteiger partial charge in [-0.25, -0.2) is 0 Å². The van der Waals surface area contributed by atoms with Crippen molar-refractivity contribution in [3.05, 3.63) is 51.2 Å². The van der Waals surface area contributed by atoms with Crippen LogP contribution in [0.3, 0.4) is 0 Å². The first kappa shape index (κ1) is 16.5. The lowest BCUT2D eigenvalue weighted by molar-refractivity contribution is 0.506. The van der Waals surface area contributed by atoms with E-state index in [2.05, 4.69) is 59.2 Å². The monoisotopic (exact) mass is 369 g/mol. The van der Waals surface area contributed by atoms with E-state index >= 15 is 0 Å². The van der Waals surface area contributed by atoms with Crippen LogP contribution in [0.25, 0.3) is 0 Å². The summed E-state index contributed by atoms with van der Waals surface area (Å²) in [6.45, 7) is 7.29. The number of benzene rings is 1. The van der Waals surface area contributed by atoms with Crippen LogP contribution in [0.2, 0.25) is 5.02 Å². The minimum atomic E-state index is 0.220. The van der Waals surface area contributed by atoms with Gasteiger partial charge in [-0.2, -0.15) is 5.10 Å². The van der Waals surface area contributed by atoms with Gasteiger partial charge in [0, 0.05) is 34.2 Å². The lowest BCUT2D eigenvalue weighted by atomic mass is 10.0. The molecule has 1 unspecified atom stereocenters. The molecule has 114 valence electrons. The SMILES string of the molecule is CCNC(Cc1ccn(C(C)C)n1)c1ccc(Cl)cc1Br. The third-order valence-corrected chi connectivity index (χ3v) is 4.32. The van der Waals surface area contributed by atoms with Gasteiger partial charge in [-0.05, 0) is 44.2 Å². The fraction of sp³-hybridized carbons (Fsp3) is 0.438. The minimum Gasteiger partial charge on any atom is -0.310 e. The van der Waals surface area contributed by atoms with Crippen molar-refractivity contribution in [3.63, 3.8) is 0 Å². The van der Waals surface area contributed by atoms with E-state index in [-0.39, 0.29) is 6.04 Å². The van der Waals surface area contributed by atoms with Gasteiger partial charge >= 0.3 is 0 Å². The van der Waals surface area contributed by atoms with Crippen molar-refractivity contribution in [2.45, 2.75) is 39.3 Å². The zero-order valence-electron chi connectivity index (χ0n) is 12.6. The summed E-state index contributed by atoms with van der Waals surface area (Å²) in [5.41, 5.74) is 2.30. The maximum Gasteiger partial charge on any atom is 0.0643 e. The number of aromatic nitrogens is 2. The Hall–Kier alpha value is -0.840. The van der Waals surface area contributed by atoms with E-state index in [9.17, 15) is 0 Å². The molecule has 1 atom stereocenters. The van der Waals surface area contributed by atoms with Crippen molar-refractivity contribution >= 4 is 27.5 Å². The molecule has 1 N–H and O–H groups in total. The average molecular weight is 371 g/mol. The molecule has 0 saturated heterocycles. The molecule has 2 aromatic rings. The molecule has 21 heavy (non-hydrogen) atoms. The van der Waals surface area contributed by atoms with Gasteiger partial charge in [-0.15, -0.1) is 0 Å². The number of nitrogens with one attached hydrogen (secondary N) is 1. The van der Waals surface area contributed by atoms with Crippen LogP contribution in [0.5, 0.6) is 0 Å². The van der Waals surface area contributed by atoms with Crippen molar-refractivity contribution in [2.24, 2.45) is 0 Å². The molecule has 1 heterocycles. The van der Waals surface area contributed by atoms with Crippen molar-refractivity contribution in [1.29, 1.82) is 0 Å². The number of rotatable bonds is 6. The lowest BCUT2D eigenvalue weighted by Crippen LogP contribution is -2.23. The molecule has 0 spiro atoms. The molecular weight excluding hydrogens is 350 g/mol. The van der Waals surface area contributed by atoms with Gasteiger partial charge in [0.1, 0.15) is 0 Å². The molecule has 0 aliphatic rings. The number of hydrogen-bond donors (Lipinski definition) is 1. The Morgan fingerprint density at radius 2 is 2.10 bits per heavy atom. The summed E-state index contributed by atoms with van der Waals surface area (Å²) in [5.74, 6) is 0. The highest BCUT2D eigenvalue weighted by atomic mass is 79.9. The topological polar surface area (TPSA) is 29.9 Å². The van der Waals surface area contributed by atoms with E-state index < -0.39 is 0 Å². The largest absolute Gasteiger partial charge is 0.310 e. The van der Waals surface area contributed by atoms with Crippen LogP contribution >= 0.6 is 27.5 Å². The highest BCUT2D eigenvalue weighted by Crippen LogP contribution is 2.28. The second kappa shape index (κ2) is 7.43. The van der Waals surface area contributed by atoms with E-state index in [0.29, 0.717) is 6.04 Å². The zero-order valence-corrected chi connectivity index (χ0v) is 14.9. The number of hydrogen-bond acceptors (Lipinski definition) is 2. The zero-order chi connectivity index (χ0) is 15.4. The van der Waals surface area contributed by atoms with Gasteiger partial charge in [0.15, 0.2) is 0 Å². The first-order valence-electron chi connectivity index (χ1n) is 7.23. The second-order valence-electron chi connectivity index (χ2n) is 5.36. The van der Waals surface area contributed by atoms with E-state index in [1.807, 2.05) is 23.0 Å². The van der Waals surface area contributed by atoms with Crippen LogP contribution in [0.1, 0.15) is 44.1 Å². The molecule has 0 radical (unpaired) electrons. The van der Waals surface area contributed by atoms with Crippen LogP contribution in [0.15, 0.2) is 34.9 Å². The third kappa shape index (κ3) is 4.31. The van der Waals surface area contributed by atoms with Crippen molar-refractivity contribution < 1.29 is 0 Å². The summed E-state index contributed by atoms with van der Waals surface area (Å²) >= 11 is 9.64. The van der Waals surface area contributed by atoms with Gasteiger partial charge in [-0.1, -0.05) is 40.5 Å². The smallest absolute Gasteiger partial charge is 0.0643 e. The van der Waals surface area contributed by atoms with Crippen molar-refractivity contribution in [3.8, 4) is 0 Å². The standard InChI is InChI=1S/C16H21BrClN3/c1-4-19-16(14-6-5-12(18)9-15(14)17)10-13-7-8-21(20-13)11(2)3/h5-9,11,16,19H,4,10H2,1-3H3. The maximum atomic E-state index is 6.03. The lowest BCUT2D eigenvalue weighted by Gasteiger charge is -2.19. The maximum absolute atomic E-state index is 6.03. The molecule has 1 aromatic carbocycles. The highest BCUT2D eigenvalue weighted by Gasteiger charge is 2.16. The highest BCUT2D eigenvalue weighted by molar-refractivity contribution is 9.10. The summed E-state index contributed by atoms with van der Waals surface area (Å²) in [5, 5.41) is 8.90. The molecule has 0 amide bonds. The Morgan fingerprint density at radius 3 is 2.67 bits per heavy atom. The van der Waals surface area contributed by atoms with Gasteiger partial charge in [0.25, 0.3) is 0 Å². The quantitative estimate of drug-likeness (QED) is 0.793. The van der Waals surface area contributed by atoms with Gasteiger partial charge in [-0.3, -0.25) is 4.68 Å². The summed E-state index contributed by atoms with van der Waals surface area (Å²) in [4.78, 5) is 0. The third-order valence-electron chi connectivity index (χ3n) is 3.39. The Balaban J connectivity index is 2.21. The molecule has 0 bridgehead atoms. The molecule has 5 heteroatoms. The molecule has 0 aliphatic heterocycles. The summed E-state index contributed by atoms with van der Waals surface area (Å²) in [6.07, 6.45) is 2.90. The van der Waals surface area contributed by atoms with Crippen LogP contribution < -0.4 is 5.32 Å². The molecule has 0 saturated carbocycles. The van der Waals surface area contributed by atoms with Gasteiger partial charge in [0.2, 0.25) is 0 Å². The van der Waals surface area contributed by atoms with Crippen LogP contribution in [0, 0.1) is 0 Å². The predicted molar refractivity (Wildman–Crippen MR) is 91.9 cm³/mol. The Labute approximate surface area is 139 Å². The fourth-order valence-corrected chi connectivity index (χ4v) is 3.26. The molecule has 0 aliphatic carbocycles. The van der Waals surface area contributed by atoms with Crippen molar-refractivity contribution in [1.82, 2.24) is 15.1 Å². The van der Waals surface area contributed by atoms with Crippen molar-refractivity contribution in [2.75, 3.05) is 6.54 Å². The molecular formula is C16H21BrClN3. The van der Waals surface area contributed by atoms with E-state index in [0.717, 1.165) is 28.2 Å². The van der Waals surface area contributed by atoms with Gasteiger partial charge in [0.05, 0.1) is 5.69 Å². The van der Waals surface area contributed by atoms with Gasteiger partial charge < -0.3 is 5.32 Å². The molecule has 0 fully saturated rings. The van der Waals surface area contributed by atoms with E-state index in [4.69, 9.17) is 11.6 Å². The first-order chi connectivity index (χ1) is 10.0. The van der Waals surface area contributed by atoms with E-state index in [1.54, 1.807) is 0 Å². The number of likely N-dealkylation sites (N-methyl/N-ethyl adjacent to an activating group) is 1. The van der Waals surface area contributed by atoms with Crippen LogP contribution in [0.4, 0.5) is 0 Å². The summed E-state index contributed by atoms with van der Waals surface area (Å²) in [6, 6.07) is 8.63. The Kier molecular flexibility index (Phi) is 5.85. The second-order valence-corrected chi connectivity index (χ2v) is 6.65. The van der Waals surface area contributed by atoms with E-state index in [1.165, 1.54) is 5.56 Å². The predicted octanol–water partition coefficient (Wildman–Crippen LogP) is 4.77. The molecule has 2 rings (SSSR count). The van der Waals surface area contributed by atoms with Crippen LogP contribution in [-0.4, -0.2) is 16.3 Å². The Morgan fingerprint density at radius 1 is 1.33 bits per heavy atom. The first-order valence-corrected chi connectivity index (χ1v) is 8.40. The molecule has 1 aromatic heterocycles. The Bertz CT molecular complexity index is 595.